The number of carbonyl (C=O) groups is 3. The monoisotopic (exact) mass is 634 g/mol. The van der Waals surface area contributed by atoms with Crippen molar-refractivity contribution in [3.05, 3.63) is 107 Å². The van der Waals surface area contributed by atoms with Gasteiger partial charge in [0.1, 0.15) is 11.6 Å². The molecule has 3 aromatic rings. The largest absolute Gasteiger partial charge is 0.481 e. The van der Waals surface area contributed by atoms with Crippen LogP contribution in [0.25, 0.3) is 0 Å². The summed E-state index contributed by atoms with van der Waals surface area (Å²) in [6.45, 7) is 6.11. The zero-order valence-corrected chi connectivity index (χ0v) is 26.5. The second-order valence-corrected chi connectivity index (χ2v) is 12.4. The van der Waals surface area contributed by atoms with Crippen LogP contribution in [0, 0.1) is 5.92 Å². The number of aliphatic carboxylic acids is 3. The van der Waals surface area contributed by atoms with Crippen LogP contribution >= 0.6 is 0 Å². The van der Waals surface area contributed by atoms with Gasteiger partial charge in [-0.1, -0.05) is 84.9 Å². The number of nitrogens with zero attached hydrogens (tertiary/aromatic N) is 1. The van der Waals surface area contributed by atoms with E-state index in [2.05, 4.69) is 4.90 Å². The molecule has 0 aliphatic carbocycles. The Morgan fingerprint density at radius 3 is 1.74 bits per heavy atom. The molecule has 46 heavy (non-hydrogen) atoms. The lowest BCUT2D eigenvalue weighted by molar-refractivity contribution is -0.144. The van der Waals surface area contributed by atoms with Crippen molar-refractivity contribution in [1.29, 1.82) is 0 Å². The van der Waals surface area contributed by atoms with Gasteiger partial charge in [-0.05, 0) is 87.3 Å². The molecule has 10 heteroatoms. The number of carboxylic acid groups (broad SMARTS) is 3. The first kappa shape index (κ1) is 36.4. The second-order valence-electron chi connectivity index (χ2n) is 12.4. The average molecular weight is 635 g/mol. The van der Waals surface area contributed by atoms with E-state index in [1.54, 1.807) is 26.0 Å². The molecule has 0 radical (unpaired) electrons. The molecule has 4 rings (SSSR count). The Kier molecular flexibility index (Phi) is 13.0. The van der Waals surface area contributed by atoms with Gasteiger partial charge in [0.2, 0.25) is 0 Å². The summed E-state index contributed by atoms with van der Waals surface area (Å²) in [5, 5.41) is 48.2. The van der Waals surface area contributed by atoms with Crippen molar-refractivity contribution in [1.82, 2.24) is 4.90 Å². The lowest BCUT2D eigenvalue weighted by Crippen LogP contribution is -2.44. The number of hydrogen-bond acceptors (Lipinski definition) is 7. The van der Waals surface area contributed by atoms with Crippen molar-refractivity contribution >= 4 is 17.9 Å². The smallest absolute Gasteiger partial charge is 0.321 e. The molecular weight excluding hydrogens is 588 g/mol. The van der Waals surface area contributed by atoms with Gasteiger partial charge in [-0.2, -0.15) is 0 Å². The van der Waals surface area contributed by atoms with Crippen molar-refractivity contribution in [3.63, 3.8) is 0 Å². The standard InChI is InChI=1S/C32H39NO4.C4H7NO4/c1-31(2,30(35)36)25-17-15-24(16-18-25)29(34)14-9-21-33-22-19-28(20-23-33)32(37,26-10-5-3-6-11-26)27-12-7-4-8-13-27;5-2(4(8)9)1-3(6)7/h3-8,10-13,15-18,28-29,34,37H,9,14,19-23H2,1-2H3,(H,35,36);2H,1,5H2,(H,6,7)(H,8,9). The number of aliphatic hydroxyl groups excluding tert-OH is 1. The number of likely N-dealkylation sites (tertiary alicyclic amines) is 1. The number of rotatable bonds is 13. The van der Waals surface area contributed by atoms with Crippen molar-refractivity contribution in [2.24, 2.45) is 11.7 Å². The van der Waals surface area contributed by atoms with Crippen molar-refractivity contribution in [2.45, 2.75) is 69.1 Å². The topological polar surface area (TPSA) is 182 Å². The molecule has 1 aliphatic rings. The first-order valence-corrected chi connectivity index (χ1v) is 15.5. The van der Waals surface area contributed by atoms with E-state index in [-0.39, 0.29) is 5.92 Å². The predicted molar refractivity (Wildman–Crippen MR) is 174 cm³/mol. The van der Waals surface area contributed by atoms with E-state index in [0.717, 1.165) is 61.2 Å². The fourth-order valence-corrected chi connectivity index (χ4v) is 5.79. The number of benzene rings is 3. The summed E-state index contributed by atoms with van der Waals surface area (Å²) < 4.78 is 0. The molecule has 2 atom stereocenters. The molecule has 1 fully saturated rings. The van der Waals surface area contributed by atoms with Gasteiger partial charge in [0.15, 0.2) is 0 Å². The molecule has 7 N–H and O–H groups in total. The Hall–Kier alpha value is -4.09. The van der Waals surface area contributed by atoms with Crippen LogP contribution in [-0.4, -0.2) is 74.0 Å². The van der Waals surface area contributed by atoms with Crippen LogP contribution in [0.3, 0.4) is 0 Å². The molecule has 0 aromatic heterocycles. The van der Waals surface area contributed by atoms with E-state index < -0.39 is 47.5 Å². The van der Waals surface area contributed by atoms with Crippen LogP contribution in [0.15, 0.2) is 84.9 Å². The molecule has 1 heterocycles. The summed E-state index contributed by atoms with van der Waals surface area (Å²) in [6, 6.07) is 26.0. The molecule has 2 unspecified atom stereocenters. The molecule has 0 amide bonds. The maximum atomic E-state index is 12.1. The fraction of sp³-hybridized carbons (Fsp3) is 0.417. The molecule has 0 bridgehead atoms. The lowest BCUT2D eigenvalue weighted by Gasteiger charge is -2.42. The third-order valence-corrected chi connectivity index (χ3v) is 8.82. The molecule has 0 saturated carbocycles. The highest BCUT2D eigenvalue weighted by Crippen LogP contribution is 2.42. The van der Waals surface area contributed by atoms with Gasteiger partial charge in [-0.15, -0.1) is 0 Å². The summed E-state index contributed by atoms with van der Waals surface area (Å²) in [4.78, 5) is 33.5. The molecule has 1 aliphatic heterocycles. The molecule has 3 aromatic carbocycles. The zero-order chi connectivity index (χ0) is 33.9. The summed E-state index contributed by atoms with van der Waals surface area (Å²) in [5.74, 6) is -3.23. The number of piperidine rings is 1. The second kappa shape index (κ2) is 16.5. The molecule has 1 saturated heterocycles. The summed E-state index contributed by atoms with van der Waals surface area (Å²) in [5.41, 5.74) is 6.31. The van der Waals surface area contributed by atoms with E-state index in [0.29, 0.717) is 6.42 Å². The van der Waals surface area contributed by atoms with Gasteiger partial charge in [-0.3, -0.25) is 14.4 Å². The zero-order valence-electron chi connectivity index (χ0n) is 26.5. The van der Waals surface area contributed by atoms with Gasteiger partial charge < -0.3 is 36.2 Å². The molecule has 248 valence electrons. The maximum absolute atomic E-state index is 12.1. The van der Waals surface area contributed by atoms with E-state index in [1.807, 2.05) is 72.8 Å². The van der Waals surface area contributed by atoms with Gasteiger partial charge >= 0.3 is 17.9 Å². The molecular formula is C36H46N2O8. The Bertz CT molecular complexity index is 1370. The number of carboxylic acids is 3. The first-order chi connectivity index (χ1) is 21.8. The summed E-state index contributed by atoms with van der Waals surface area (Å²) in [6.07, 6.45) is 2.23. The highest BCUT2D eigenvalue weighted by Gasteiger charge is 2.41. The highest BCUT2D eigenvalue weighted by atomic mass is 16.4. The van der Waals surface area contributed by atoms with Crippen molar-refractivity contribution in [3.8, 4) is 0 Å². The Labute approximate surface area is 270 Å². The lowest BCUT2D eigenvalue weighted by atomic mass is 9.72. The Morgan fingerprint density at radius 2 is 1.33 bits per heavy atom. The van der Waals surface area contributed by atoms with Gasteiger partial charge in [0.05, 0.1) is 17.9 Å². The van der Waals surface area contributed by atoms with Crippen LogP contribution in [0.2, 0.25) is 0 Å². The SMILES string of the molecule is CC(C)(C(=O)O)c1ccc(C(O)CCCN2CCC(C(O)(c3ccccc3)c3ccccc3)CC2)cc1.NC(CC(=O)O)C(=O)O. The normalized spacial score (nSPS) is 15.7. The third-order valence-electron chi connectivity index (χ3n) is 8.82. The van der Waals surface area contributed by atoms with E-state index in [4.69, 9.17) is 15.9 Å². The van der Waals surface area contributed by atoms with Crippen LogP contribution in [0.5, 0.6) is 0 Å². The Balaban J connectivity index is 0.000000559. The maximum Gasteiger partial charge on any atom is 0.321 e. The molecule has 0 spiro atoms. The summed E-state index contributed by atoms with van der Waals surface area (Å²) in [7, 11) is 0. The Morgan fingerprint density at radius 1 is 0.826 bits per heavy atom. The van der Waals surface area contributed by atoms with Crippen molar-refractivity contribution in [2.75, 3.05) is 19.6 Å². The van der Waals surface area contributed by atoms with Gasteiger partial charge in [0.25, 0.3) is 0 Å². The number of hydrogen-bond donors (Lipinski definition) is 6. The van der Waals surface area contributed by atoms with E-state index >= 15 is 0 Å². The molecule has 10 nitrogen and oxygen atoms in total. The minimum absolute atomic E-state index is 0.132. The average Bonchev–Trinajstić information content (AvgIpc) is 3.05. The van der Waals surface area contributed by atoms with Crippen LogP contribution in [0.4, 0.5) is 0 Å². The van der Waals surface area contributed by atoms with E-state index in [1.165, 1.54) is 0 Å². The minimum atomic E-state index is -1.29. The minimum Gasteiger partial charge on any atom is -0.481 e. The predicted octanol–water partition coefficient (Wildman–Crippen LogP) is 4.38. The van der Waals surface area contributed by atoms with Gasteiger partial charge in [-0.25, -0.2) is 0 Å². The van der Waals surface area contributed by atoms with Crippen molar-refractivity contribution < 1.29 is 39.9 Å². The van der Waals surface area contributed by atoms with E-state index in [9.17, 15) is 29.7 Å². The number of aliphatic hydroxyl groups is 2. The highest BCUT2D eigenvalue weighted by molar-refractivity contribution is 5.80. The summed E-state index contributed by atoms with van der Waals surface area (Å²) >= 11 is 0. The van der Waals surface area contributed by atoms with Crippen LogP contribution < -0.4 is 5.73 Å². The van der Waals surface area contributed by atoms with Crippen LogP contribution in [0.1, 0.15) is 74.3 Å². The van der Waals surface area contributed by atoms with Crippen LogP contribution in [-0.2, 0) is 25.4 Å². The first-order valence-electron chi connectivity index (χ1n) is 15.5. The van der Waals surface area contributed by atoms with Gasteiger partial charge in [0, 0.05) is 0 Å². The number of nitrogens with two attached hydrogens (primary N) is 1. The fourth-order valence-electron chi connectivity index (χ4n) is 5.79. The quantitative estimate of drug-likeness (QED) is 0.158. The third kappa shape index (κ3) is 9.46.